The summed E-state index contributed by atoms with van der Waals surface area (Å²) in [6, 6.07) is 0. The van der Waals surface area contributed by atoms with Crippen molar-refractivity contribution in [3.63, 3.8) is 0 Å². The maximum absolute atomic E-state index is 11.6. The monoisotopic (exact) mass is 289 g/mol. The largest absolute Gasteiger partial charge is 0.509 e. The fraction of sp³-hybridized carbons (Fsp3) is 0.750. The molecule has 1 aliphatic rings. The van der Waals surface area contributed by atoms with E-state index in [-0.39, 0.29) is 12.8 Å². The molecule has 0 spiro atoms. The van der Waals surface area contributed by atoms with Gasteiger partial charge in [-0.1, -0.05) is 0 Å². The number of hydrogen-bond acceptors (Lipinski definition) is 7. The highest BCUT2D eigenvalue weighted by Gasteiger charge is 2.35. The number of nitrogens with zero attached hydrogens (tertiary/aromatic N) is 1. The number of carbonyl (C=O) groups is 3. The summed E-state index contributed by atoms with van der Waals surface area (Å²) in [7, 11) is 0. The van der Waals surface area contributed by atoms with Gasteiger partial charge in [0, 0.05) is 12.8 Å². The fourth-order valence-electron chi connectivity index (χ4n) is 1.40. The summed E-state index contributed by atoms with van der Waals surface area (Å²) in [5.41, 5.74) is -0.748. The third kappa shape index (κ3) is 4.69. The molecule has 0 aromatic rings. The van der Waals surface area contributed by atoms with Gasteiger partial charge in [0.25, 0.3) is 5.91 Å². The summed E-state index contributed by atoms with van der Waals surface area (Å²) < 4.78 is 9.59. The lowest BCUT2D eigenvalue weighted by Crippen LogP contribution is -2.39. The predicted molar refractivity (Wildman–Crippen MR) is 65.0 cm³/mol. The van der Waals surface area contributed by atoms with Crippen molar-refractivity contribution in [2.75, 3.05) is 0 Å². The highest BCUT2D eigenvalue weighted by molar-refractivity contribution is 5.82. The van der Waals surface area contributed by atoms with Crippen molar-refractivity contribution in [1.82, 2.24) is 5.06 Å². The Kier molecular flexibility index (Phi) is 4.93. The summed E-state index contributed by atoms with van der Waals surface area (Å²) in [5.74, 6) is -1.47. The summed E-state index contributed by atoms with van der Waals surface area (Å²) in [4.78, 5) is 39.0. The number of rotatable bonds is 3. The molecule has 1 rings (SSSR count). The quantitative estimate of drug-likeness (QED) is 0.764. The minimum absolute atomic E-state index is 0.0930. The standard InChI is InChI=1S/C12H19NO7/c1-7(18-11(17)19-12(2,3)4)10(16)20-13-8(14)5-6-9(13)15/h7-8,14H,5-6H2,1-4H3/t7-,8?/m0/s1. The molecule has 8 heteroatoms. The molecule has 1 unspecified atom stereocenters. The second-order valence-corrected chi connectivity index (χ2v) is 5.37. The summed E-state index contributed by atoms with van der Waals surface area (Å²) in [5, 5.41) is 10.0. The number of hydrogen-bond donors (Lipinski definition) is 1. The van der Waals surface area contributed by atoms with E-state index in [0.717, 1.165) is 0 Å². The summed E-state index contributed by atoms with van der Waals surface area (Å²) in [6.07, 6.45) is -3.16. The van der Waals surface area contributed by atoms with Crippen LogP contribution >= 0.6 is 0 Å². The second kappa shape index (κ2) is 6.08. The minimum atomic E-state index is -1.26. The third-order valence-corrected chi connectivity index (χ3v) is 2.32. The number of carbonyl (C=O) groups excluding carboxylic acids is 3. The van der Waals surface area contributed by atoms with E-state index in [9.17, 15) is 19.5 Å². The molecule has 0 aromatic heterocycles. The second-order valence-electron chi connectivity index (χ2n) is 5.37. The van der Waals surface area contributed by atoms with Crippen LogP contribution in [-0.2, 0) is 23.9 Å². The topological polar surface area (TPSA) is 102 Å². The molecule has 0 bridgehead atoms. The Morgan fingerprint density at radius 3 is 2.45 bits per heavy atom. The first kappa shape index (κ1) is 16.2. The summed E-state index contributed by atoms with van der Waals surface area (Å²) >= 11 is 0. The van der Waals surface area contributed by atoms with Gasteiger partial charge < -0.3 is 19.4 Å². The molecule has 2 atom stereocenters. The molecule has 20 heavy (non-hydrogen) atoms. The molecular weight excluding hydrogens is 270 g/mol. The van der Waals surface area contributed by atoms with Crippen molar-refractivity contribution in [3.8, 4) is 0 Å². The maximum atomic E-state index is 11.6. The van der Waals surface area contributed by atoms with E-state index in [1.54, 1.807) is 20.8 Å². The van der Waals surface area contributed by atoms with E-state index in [1.165, 1.54) is 6.92 Å². The lowest BCUT2D eigenvalue weighted by Gasteiger charge is -2.22. The molecule has 0 radical (unpaired) electrons. The molecule has 1 heterocycles. The van der Waals surface area contributed by atoms with E-state index < -0.39 is 36.0 Å². The number of hydroxylamine groups is 2. The highest BCUT2D eigenvalue weighted by Crippen LogP contribution is 2.17. The van der Waals surface area contributed by atoms with Crippen LogP contribution in [-0.4, -0.2) is 46.1 Å². The van der Waals surface area contributed by atoms with Gasteiger partial charge in [-0.2, -0.15) is 0 Å². The Morgan fingerprint density at radius 2 is 2.00 bits per heavy atom. The molecular formula is C12H19NO7. The lowest BCUT2D eigenvalue weighted by molar-refractivity contribution is -0.226. The van der Waals surface area contributed by atoms with Crippen LogP contribution in [0, 0.1) is 0 Å². The Balaban J connectivity index is 2.47. The predicted octanol–water partition coefficient (Wildman–Crippen LogP) is 0.726. The van der Waals surface area contributed by atoms with Gasteiger partial charge in [0.1, 0.15) is 5.60 Å². The van der Waals surface area contributed by atoms with Crippen LogP contribution < -0.4 is 0 Å². The highest BCUT2D eigenvalue weighted by atomic mass is 16.8. The maximum Gasteiger partial charge on any atom is 0.509 e. The van der Waals surface area contributed by atoms with Crippen molar-refractivity contribution in [2.45, 2.75) is 58.5 Å². The van der Waals surface area contributed by atoms with Crippen LogP contribution in [0.1, 0.15) is 40.5 Å². The van der Waals surface area contributed by atoms with Gasteiger partial charge in [0.2, 0.25) is 6.10 Å². The zero-order valence-corrected chi connectivity index (χ0v) is 11.9. The van der Waals surface area contributed by atoms with E-state index in [0.29, 0.717) is 5.06 Å². The number of ether oxygens (including phenoxy) is 2. The number of aliphatic hydroxyl groups excluding tert-OH is 1. The molecule has 0 aliphatic carbocycles. The molecule has 114 valence electrons. The normalized spacial score (nSPS) is 20.6. The number of aliphatic hydroxyl groups is 1. The van der Waals surface area contributed by atoms with Crippen LogP contribution in [0.2, 0.25) is 0 Å². The van der Waals surface area contributed by atoms with E-state index >= 15 is 0 Å². The van der Waals surface area contributed by atoms with Crippen molar-refractivity contribution in [1.29, 1.82) is 0 Å². The first-order valence-electron chi connectivity index (χ1n) is 6.21. The first-order valence-corrected chi connectivity index (χ1v) is 6.21. The van der Waals surface area contributed by atoms with Gasteiger partial charge in [0.15, 0.2) is 6.23 Å². The van der Waals surface area contributed by atoms with Crippen LogP contribution in [0.4, 0.5) is 4.79 Å². The zero-order chi connectivity index (χ0) is 15.5. The van der Waals surface area contributed by atoms with Gasteiger partial charge in [-0.05, 0) is 27.7 Å². The Bertz CT molecular complexity index is 401. The SMILES string of the molecule is C[C@H](OC(=O)OC(C)(C)C)C(=O)ON1C(=O)CCC1O. The molecule has 0 aromatic carbocycles. The van der Waals surface area contributed by atoms with Crippen molar-refractivity contribution >= 4 is 18.0 Å². The minimum Gasteiger partial charge on any atom is -0.429 e. The zero-order valence-electron chi connectivity index (χ0n) is 11.9. The smallest absolute Gasteiger partial charge is 0.429 e. The van der Waals surface area contributed by atoms with Gasteiger partial charge in [0.05, 0.1) is 0 Å². The van der Waals surface area contributed by atoms with Gasteiger partial charge in [-0.15, -0.1) is 5.06 Å². The lowest BCUT2D eigenvalue weighted by atomic mass is 10.2. The molecule has 1 amide bonds. The Hall–Kier alpha value is -1.83. The van der Waals surface area contributed by atoms with Crippen LogP contribution in [0.15, 0.2) is 0 Å². The van der Waals surface area contributed by atoms with Gasteiger partial charge in [-0.25, -0.2) is 9.59 Å². The summed E-state index contributed by atoms with van der Waals surface area (Å²) in [6.45, 7) is 6.22. The Labute approximate surface area is 116 Å². The average Bonchev–Trinajstić information content (AvgIpc) is 2.57. The molecule has 1 saturated heterocycles. The van der Waals surface area contributed by atoms with E-state index in [4.69, 9.17) is 14.3 Å². The van der Waals surface area contributed by atoms with Crippen molar-refractivity contribution in [3.05, 3.63) is 0 Å². The molecule has 1 N–H and O–H groups in total. The molecule has 8 nitrogen and oxygen atoms in total. The van der Waals surface area contributed by atoms with Crippen molar-refractivity contribution < 1.29 is 33.8 Å². The van der Waals surface area contributed by atoms with Crippen LogP contribution in [0.25, 0.3) is 0 Å². The average molecular weight is 289 g/mol. The fourth-order valence-corrected chi connectivity index (χ4v) is 1.40. The van der Waals surface area contributed by atoms with E-state index in [1.807, 2.05) is 0 Å². The molecule has 0 saturated carbocycles. The van der Waals surface area contributed by atoms with Crippen molar-refractivity contribution in [2.24, 2.45) is 0 Å². The third-order valence-electron chi connectivity index (χ3n) is 2.32. The van der Waals surface area contributed by atoms with Crippen LogP contribution in [0.5, 0.6) is 0 Å². The van der Waals surface area contributed by atoms with E-state index in [2.05, 4.69) is 0 Å². The number of amides is 1. The van der Waals surface area contributed by atoms with Crippen LogP contribution in [0.3, 0.4) is 0 Å². The first-order chi connectivity index (χ1) is 9.10. The van der Waals surface area contributed by atoms with Gasteiger partial charge >= 0.3 is 12.1 Å². The molecule has 1 aliphatic heterocycles. The Morgan fingerprint density at radius 1 is 1.40 bits per heavy atom. The van der Waals surface area contributed by atoms with Gasteiger partial charge in [-0.3, -0.25) is 4.79 Å². The molecule has 1 fully saturated rings.